The van der Waals surface area contributed by atoms with Crippen LogP contribution in [0, 0.1) is 0 Å². The van der Waals surface area contributed by atoms with Gasteiger partial charge in [0.1, 0.15) is 0 Å². The summed E-state index contributed by atoms with van der Waals surface area (Å²) in [5.74, 6) is 0.861. The average Bonchev–Trinajstić information content (AvgIpc) is 3.06. The topological polar surface area (TPSA) is 76.4 Å². The number of nitrogens with one attached hydrogen (secondary N) is 1. The minimum atomic E-state index is -3.10. The lowest BCUT2D eigenvalue weighted by molar-refractivity contribution is 0.600. The fraction of sp³-hybridized carbons (Fsp3) is 0.200. The molecule has 0 saturated heterocycles. The van der Waals surface area contributed by atoms with Gasteiger partial charge in [0.2, 0.25) is 5.78 Å². The molecular weight excluding hydrogens is 300 g/mol. The Balaban J connectivity index is 1.57. The molecule has 1 aromatic carbocycles. The molecule has 0 amide bonds. The van der Waals surface area contributed by atoms with Crippen LogP contribution in [0.25, 0.3) is 5.78 Å². The third-order valence-electron chi connectivity index (χ3n) is 3.80. The van der Waals surface area contributed by atoms with Crippen molar-refractivity contribution in [1.29, 1.82) is 0 Å². The zero-order valence-electron chi connectivity index (χ0n) is 11.7. The van der Waals surface area contributed by atoms with Crippen LogP contribution >= 0.6 is 0 Å². The zero-order chi connectivity index (χ0) is 15.2. The molecule has 2 aromatic heterocycles. The van der Waals surface area contributed by atoms with E-state index in [1.165, 1.54) is 0 Å². The summed E-state index contributed by atoms with van der Waals surface area (Å²) in [7, 11) is -3.10. The molecule has 0 saturated carbocycles. The summed E-state index contributed by atoms with van der Waals surface area (Å²) in [5.41, 5.74) is 2.54. The van der Waals surface area contributed by atoms with Crippen LogP contribution in [0.4, 0.5) is 5.69 Å². The monoisotopic (exact) mass is 314 g/mol. The Morgan fingerprint density at radius 2 is 2.23 bits per heavy atom. The normalized spacial score (nSPS) is 15.8. The highest BCUT2D eigenvalue weighted by Gasteiger charge is 2.26. The Morgan fingerprint density at radius 1 is 1.32 bits per heavy atom. The van der Waals surface area contributed by atoms with E-state index in [4.69, 9.17) is 0 Å². The molecule has 0 spiro atoms. The van der Waals surface area contributed by atoms with Gasteiger partial charge in [-0.25, -0.2) is 18.4 Å². The molecule has 112 valence electrons. The molecule has 6 nitrogen and oxygen atoms in total. The molecule has 0 atom stereocenters. The van der Waals surface area contributed by atoms with Crippen molar-refractivity contribution < 1.29 is 8.42 Å². The largest absolute Gasteiger partial charge is 0.379 e. The molecule has 22 heavy (non-hydrogen) atoms. The predicted octanol–water partition coefficient (Wildman–Crippen LogP) is 1.67. The van der Waals surface area contributed by atoms with Crippen LogP contribution in [0.15, 0.2) is 47.8 Å². The van der Waals surface area contributed by atoms with Gasteiger partial charge in [-0.3, -0.25) is 4.40 Å². The number of hydrogen-bond acceptors (Lipinski definition) is 5. The summed E-state index contributed by atoms with van der Waals surface area (Å²) < 4.78 is 25.7. The predicted molar refractivity (Wildman–Crippen MR) is 82.5 cm³/mol. The van der Waals surface area contributed by atoms with Crippen LogP contribution in [0.2, 0.25) is 0 Å². The van der Waals surface area contributed by atoms with Gasteiger partial charge in [-0.2, -0.15) is 0 Å². The zero-order valence-corrected chi connectivity index (χ0v) is 12.5. The third-order valence-corrected chi connectivity index (χ3v) is 5.59. The highest BCUT2D eigenvalue weighted by molar-refractivity contribution is 7.91. The first-order valence-electron chi connectivity index (χ1n) is 7.00. The molecule has 3 heterocycles. The Morgan fingerprint density at radius 3 is 3.09 bits per heavy atom. The summed E-state index contributed by atoms with van der Waals surface area (Å²) in [6.45, 7) is 0.516. The molecule has 1 aliphatic rings. The van der Waals surface area contributed by atoms with E-state index in [9.17, 15) is 8.42 Å². The van der Waals surface area contributed by atoms with Gasteiger partial charge in [-0.15, -0.1) is 0 Å². The third kappa shape index (κ3) is 2.23. The van der Waals surface area contributed by atoms with Gasteiger partial charge in [0.05, 0.1) is 22.9 Å². The number of benzene rings is 1. The molecule has 1 N–H and O–H groups in total. The molecule has 7 heteroatoms. The van der Waals surface area contributed by atoms with E-state index >= 15 is 0 Å². The standard InChI is InChI=1S/C15H14N4O2S/c20-22(21)7-4-11-2-3-12(8-14(11)22)17-9-13-10-19-6-1-5-16-15(19)18-13/h1-3,5-6,8,10,17H,4,7,9H2. The van der Waals surface area contributed by atoms with Crippen LogP contribution in [0.1, 0.15) is 11.3 Å². The van der Waals surface area contributed by atoms with Crippen molar-refractivity contribution in [2.75, 3.05) is 11.1 Å². The lowest BCUT2D eigenvalue weighted by Gasteiger charge is -2.06. The Bertz CT molecular complexity index is 930. The van der Waals surface area contributed by atoms with Crippen molar-refractivity contribution in [2.45, 2.75) is 17.9 Å². The highest BCUT2D eigenvalue weighted by Crippen LogP contribution is 2.28. The SMILES string of the molecule is O=S1(=O)CCc2ccc(NCc3cn4cccnc4n3)cc21. The summed E-state index contributed by atoms with van der Waals surface area (Å²) in [5, 5.41) is 3.22. The van der Waals surface area contributed by atoms with Crippen molar-refractivity contribution in [2.24, 2.45) is 0 Å². The van der Waals surface area contributed by atoms with E-state index in [1.54, 1.807) is 12.3 Å². The molecule has 0 aliphatic carbocycles. The molecule has 0 unspecified atom stereocenters. The van der Waals surface area contributed by atoms with Crippen molar-refractivity contribution >= 4 is 21.3 Å². The number of nitrogens with zero attached hydrogens (tertiary/aromatic N) is 3. The van der Waals surface area contributed by atoms with Gasteiger partial charge in [0.25, 0.3) is 0 Å². The first-order valence-corrected chi connectivity index (χ1v) is 8.65. The van der Waals surface area contributed by atoms with Crippen LogP contribution in [0.5, 0.6) is 0 Å². The lowest BCUT2D eigenvalue weighted by atomic mass is 10.1. The molecule has 1 aliphatic heterocycles. The van der Waals surface area contributed by atoms with Crippen LogP contribution in [0.3, 0.4) is 0 Å². The summed E-state index contributed by atoms with van der Waals surface area (Å²) >= 11 is 0. The van der Waals surface area contributed by atoms with Crippen LogP contribution in [-0.2, 0) is 22.8 Å². The molecular formula is C15H14N4O2S. The second-order valence-corrected chi connectivity index (χ2v) is 7.38. The number of aryl methyl sites for hydroxylation is 1. The van der Waals surface area contributed by atoms with E-state index in [-0.39, 0.29) is 5.75 Å². The van der Waals surface area contributed by atoms with Gasteiger partial charge < -0.3 is 5.32 Å². The minimum Gasteiger partial charge on any atom is -0.379 e. The van der Waals surface area contributed by atoms with Crippen LogP contribution < -0.4 is 5.32 Å². The van der Waals surface area contributed by atoms with E-state index in [0.29, 0.717) is 23.6 Å². The Labute approximate surface area is 127 Å². The number of hydrogen-bond donors (Lipinski definition) is 1. The van der Waals surface area contributed by atoms with Crippen molar-refractivity contribution in [3.8, 4) is 0 Å². The van der Waals surface area contributed by atoms with Crippen molar-refractivity contribution in [1.82, 2.24) is 14.4 Å². The molecule has 4 rings (SSSR count). The number of aromatic nitrogens is 3. The van der Waals surface area contributed by atoms with E-state index < -0.39 is 9.84 Å². The van der Waals surface area contributed by atoms with Gasteiger partial charge in [0, 0.05) is 24.3 Å². The molecule has 0 radical (unpaired) electrons. The van der Waals surface area contributed by atoms with Gasteiger partial charge in [0.15, 0.2) is 9.84 Å². The molecule has 3 aromatic rings. The fourth-order valence-corrected chi connectivity index (χ4v) is 4.26. The average molecular weight is 314 g/mol. The second-order valence-electron chi connectivity index (χ2n) is 5.30. The highest BCUT2D eigenvalue weighted by atomic mass is 32.2. The second kappa shape index (κ2) is 4.81. The quantitative estimate of drug-likeness (QED) is 0.796. The van der Waals surface area contributed by atoms with E-state index in [1.807, 2.05) is 35.0 Å². The van der Waals surface area contributed by atoms with Crippen molar-refractivity contribution in [3.05, 3.63) is 54.1 Å². The number of fused-ring (bicyclic) bond motifs is 2. The number of sulfone groups is 1. The van der Waals surface area contributed by atoms with E-state index in [0.717, 1.165) is 16.9 Å². The maximum Gasteiger partial charge on any atom is 0.233 e. The first kappa shape index (κ1) is 13.3. The lowest BCUT2D eigenvalue weighted by Crippen LogP contribution is -2.02. The number of imidazole rings is 1. The van der Waals surface area contributed by atoms with Gasteiger partial charge >= 0.3 is 0 Å². The van der Waals surface area contributed by atoms with Crippen molar-refractivity contribution in [3.63, 3.8) is 0 Å². The molecule has 0 bridgehead atoms. The summed E-state index contributed by atoms with van der Waals surface area (Å²) in [6, 6.07) is 7.35. The summed E-state index contributed by atoms with van der Waals surface area (Å²) in [6.07, 6.45) is 6.10. The fourth-order valence-electron chi connectivity index (χ4n) is 2.67. The number of rotatable bonds is 3. The number of anilines is 1. The van der Waals surface area contributed by atoms with E-state index in [2.05, 4.69) is 15.3 Å². The Kier molecular flexibility index (Phi) is 2.90. The maximum atomic E-state index is 11.9. The van der Waals surface area contributed by atoms with Gasteiger partial charge in [-0.1, -0.05) is 6.07 Å². The smallest absolute Gasteiger partial charge is 0.233 e. The minimum absolute atomic E-state index is 0.212. The van der Waals surface area contributed by atoms with Gasteiger partial charge in [-0.05, 0) is 30.2 Å². The first-order chi connectivity index (χ1) is 10.6. The Hall–Kier alpha value is -2.41. The molecule has 0 fully saturated rings. The van der Waals surface area contributed by atoms with Crippen LogP contribution in [-0.4, -0.2) is 28.5 Å². The summed E-state index contributed by atoms with van der Waals surface area (Å²) in [4.78, 5) is 9.02. The maximum absolute atomic E-state index is 11.9.